The van der Waals surface area contributed by atoms with Gasteiger partial charge in [-0.2, -0.15) is 0 Å². The molecule has 1 aliphatic carbocycles. The third-order valence-electron chi connectivity index (χ3n) is 5.15. The maximum absolute atomic E-state index is 12.9. The Bertz CT molecular complexity index is 991. The van der Waals surface area contributed by atoms with Crippen LogP contribution in [0.5, 0.6) is 0 Å². The minimum atomic E-state index is -0.986. The molecular formula is C22H21N3O2. The lowest BCUT2D eigenvalue weighted by Gasteiger charge is -2.20. The van der Waals surface area contributed by atoms with E-state index in [4.69, 9.17) is 0 Å². The van der Waals surface area contributed by atoms with E-state index < -0.39 is 5.41 Å². The van der Waals surface area contributed by atoms with Crippen molar-refractivity contribution < 1.29 is 9.59 Å². The van der Waals surface area contributed by atoms with Gasteiger partial charge in [-0.05, 0) is 37.5 Å². The maximum atomic E-state index is 12.9. The summed E-state index contributed by atoms with van der Waals surface area (Å²) < 4.78 is 0. The van der Waals surface area contributed by atoms with Crippen LogP contribution in [0.15, 0.2) is 66.9 Å². The fourth-order valence-electron chi connectivity index (χ4n) is 3.29. The van der Waals surface area contributed by atoms with Gasteiger partial charge in [0, 0.05) is 11.6 Å². The zero-order chi connectivity index (χ0) is 18.9. The molecule has 3 aromatic rings. The van der Waals surface area contributed by atoms with Crippen LogP contribution in [0.3, 0.4) is 0 Å². The molecule has 5 heteroatoms. The van der Waals surface area contributed by atoms with E-state index in [9.17, 15) is 9.59 Å². The molecule has 1 heterocycles. The third kappa shape index (κ3) is 3.28. The van der Waals surface area contributed by atoms with E-state index in [1.807, 2.05) is 67.6 Å². The van der Waals surface area contributed by atoms with Gasteiger partial charge >= 0.3 is 0 Å². The van der Waals surface area contributed by atoms with Crippen LogP contribution in [0.1, 0.15) is 31.4 Å². The van der Waals surface area contributed by atoms with Crippen LogP contribution < -0.4 is 10.6 Å². The number of anilines is 1. The number of fused-ring (bicyclic) bond motifs is 1. The topological polar surface area (TPSA) is 71.1 Å². The molecule has 27 heavy (non-hydrogen) atoms. The molecule has 4 rings (SSSR count). The lowest BCUT2D eigenvalue weighted by atomic mass is 10.0. The fraction of sp³-hybridized carbons (Fsp3) is 0.227. The van der Waals surface area contributed by atoms with Gasteiger partial charge in [-0.15, -0.1) is 0 Å². The first-order valence-corrected chi connectivity index (χ1v) is 9.11. The van der Waals surface area contributed by atoms with Crippen molar-refractivity contribution in [3.63, 3.8) is 0 Å². The largest absolute Gasteiger partial charge is 0.349 e. The van der Waals surface area contributed by atoms with E-state index >= 15 is 0 Å². The highest BCUT2D eigenvalue weighted by Crippen LogP contribution is 2.47. The predicted octanol–water partition coefficient (Wildman–Crippen LogP) is 3.83. The number of carbonyl (C=O) groups is 2. The smallest absolute Gasteiger partial charge is 0.240 e. The Morgan fingerprint density at radius 2 is 1.70 bits per heavy atom. The summed E-state index contributed by atoms with van der Waals surface area (Å²) in [5.41, 5.74) is 1.38. The van der Waals surface area contributed by atoms with Crippen molar-refractivity contribution in [3.05, 3.63) is 72.4 Å². The van der Waals surface area contributed by atoms with Gasteiger partial charge in [-0.1, -0.05) is 48.5 Å². The maximum Gasteiger partial charge on any atom is 0.240 e. The molecule has 0 spiro atoms. The lowest BCUT2D eigenvalue weighted by Crippen LogP contribution is -2.41. The van der Waals surface area contributed by atoms with Gasteiger partial charge in [0.1, 0.15) is 5.41 Å². The van der Waals surface area contributed by atoms with Gasteiger partial charge in [0.15, 0.2) is 0 Å². The second-order valence-corrected chi connectivity index (χ2v) is 7.02. The van der Waals surface area contributed by atoms with Crippen LogP contribution >= 0.6 is 0 Å². The highest BCUT2D eigenvalue weighted by atomic mass is 16.2. The van der Waals surface area contributed by atoms with Crippen molar-refractivity contribution in [2.24, 2.45) is 5.41 Å². The first-order valence-electron chi connectivity index (χ1n) is 9.11. The van der Waals surface area contributed by atoms with Crippen molar-refractivity contribution in [1.82, 2.24) is 10.3 Å². The molecule has 1 unspecified atom stereocenters. The molecule has 1 fully saturated rings. The Hall–Kier alpha value is -3.21. The fourth-order valence-corrected chi connectivity index (χ4v) is 3.29. The summed E-state index contributed by atoms with van der Waals surface area (Å²) in [5, 5.41) is 6.85. The summed E-state index contributed by atoms with van der Waals surface area (Å²) in [5.74, 6) is -0.483. The molecule has 0 bridgehead atoms. The summed E-state index contributed by atoms with van der Waals surface area (Å²) in [6.45, 7) is 1.93. The monoisotopic (exact) mass is 359 g/mol. The Balaban J connectivity index is 1.50. The Morgan fingerprint density at radius 1 is 0.963 bits per heavy atom. The second-order valence-electron chi connectivity index (χ2n) is 7.02. The number of hydrogen-bond acceptors (Lipinski definition) is 3. The van der Waals surface area contributed by atoms with Crippen LogP contribution in [0.25, 0.3) is 10.9 Å². The van der Waals surface area contributed by atoms with E-state index in [1.54, 1.807) is 6.20 Å². The van der Waals surface area contributed by atoms with Crippen LogP contribution in [0, 0.1) is 5.41 Å². The molecule has 2 N–H and O–H groups in total. The Morgan fingerprint density at radius 3 is 2.44 bits per heavy atom. The van der Waals surface area contributed by atoms with E-state index in [2.05, 4.69) is 15.6 Å². The molecule has 0 aliphatic heterocycles. The van der Waals surface area contributed by atoms with Gasteiger partial charge in [-0.25, -0.2) is 0 Å². The Labute approximate surface area is 157 Å². The second kappa shape index (κ2) is 6.83. The number of nitrogens with one attached hydrogen (secondary N) is 2. The first-order chi connectivity index (χ1) is 13.1. The van der Waals surface area contributed by atoms with Crippen molar-refractivity contribution in [3.8, 4) is 0 Å². The zero-order valence-corrected chi connectivity index (χ0v) is 15.1. The Kier molecular flexibility index (Phi) is 4.36. The molecule has 1 aliphatic rings. The van der Waals surface area contributed by atoms with Crippen LogP contribution in [-0.2, 0) is 9.59 Å². The minimum absolute atomic E-state index is 0.150. The number of rotatable bonds is 5. The summed E-state index contributed by atoms with van der Waals surface area (Å²) in [6.07, 6.45) is 2.81. The third-order valence-corrected chi connectivity index (χ3v) is 5.15. The number of nitrogens with zero attached hydrogens (tertiary/aromatic N) is 1. The number of amides is 2. The molecule has 0 saturated heterocycles. The van der Waals surface area contributed by atoms with Crippen LogP contribution in [0.2, 0.25) is 0 Å². The lowest BCUT2D eigenvalue weighted by molar-refractivity contribution is -0.134. The van der Waals surface area contributed by atoms with Gasteiger partial charge in [0.2, 0.25) is 11.8 Å². The highest BCUT2D eigenvalue weighted by molar-refractivity contribution is 6.14. The molecule has 2 amide bonds. The standard InChI is InChI=1S/C22H21N3O2/c1-15(16-7-3-2-4-8-16)24-20(26)22(12-13-22)21(27)25-18-11-5-9-17-10-6-14-23-19(17)18/h2-11,14-15H,12-13H2,1H3,(H,24,26)(H,25,27). The zero-order valence-electron chi connectivity index (χ0n) is 15.1. The number of benzene rings is 2. The van der Waals surface area contributed by atoms with E-state index in [-0.39, 0.29) is 17.9 Å². The molecule has 0 radical (unpaired) electrons. The number of aromatic nitrogens is 1. The average molecular weight is 359 g/mol. The van der Waals surface area contributed by atoms with Crippen LogP contribution in [0.4, 0.5) is 5.69 Å². The number of para-hydroxylation sites is 1. The number of hydrogen-bond donors (Lipinski definition) is 2. The molecule has 1 atom stereocenters. The molecule has 5 nitrogen and oxygen atoms in total. The summed E-state index contributed by atoms with van der Waals surface area (Å²) in [4.78, 5) is 30.1. The quantitative estimate of drug-likeness (QED) is 0.680. The normalized spacial score (nSPS) is 15.7. The van der Waals surface area contributed by atoms with Crippen molar-refractivity contribution >= 4 is 28.4 Å². The number of carbonyl (C=O) groups excluding carboxylic acids is 2. The molecular weight excluding hydrogens is 338 g/mol. The minimum Gasteiger partial charge on any atom is -0.349 e. The summed E-state index contributed by atoms with van der Waals surface area (Å²) in [7, 11) is 0. The molecule has 1 aromatic heterocycles. The summed E-state index contributed by atoms with van der Waals surface area (Å²) in [6, 6.07) is 19.0. The molecule has 1 saturated carbocycles. The van der Waals surface area contributed by atoms with Crippen molar-refractivity contribution in [2.45, 2.75) is 25.8 Å². The van der Waals surface area contributed by atoms with E-state index in [1.165, 1.54) is 0 Å². The average Bonchev–Trinajstić information content (AvgIpc) is 3.51. The van der Waals surface area contributed by atoms with Gasteiger partial charge < -0.3 is 10.6 Å². The van der Waals surface area contributed by atoms with Gasteiger partial charge in [0.05, 0.1) is 17.2 Å². The SMILES string of the molecule is CC(NC(=O)C1(C(=O)Nc2cccc3cccnc23)CC1)c1ccccc1. The number of pyridine rings is 1. The van der Waals surface area contributed by atoms with E-state index in [0.29, 0.717) is 18.5 Å². The predicted molar refractivity (Wildman–Crippen MR) is 105 cm³/mol. The van der Waals surface area contributed by atoms with E-state index in [0.717, 1.165) is 16.5 Å². The van der Waals surface area contributed by atoms with Gasteiger partial charge in [0.25, 0.3) is 0 Å². The summed E-state index contributed by atoms with van der Waals surface area (Å²) >= 11 is 0. The highest BCUT2D eigenvalue weighted by Gasteiger charge is 2.56. The van der Waals surface area contributed by atoms with Crippen molar-refractivity contribution in [1.29, 1.82) is 0 Å². The first kappa shape index (κ1) is 17.2. The molecule has 136 valence electrons. The van der Waals surface area contributed by atoms with Crippen LogP contribution in [-0.4, -0.2) is 16.8 Å². The van der Waals surface area contributed by atoms with Crippen molar-refractivity contribution in [2.75, 3.05) is 5.32 Å². The molecule has 2 aromatic carbocycles. The van der Waals surface area contributed by atoms with Gasteiger partial charge in [-0.3, -0.25) is 14.6 Å².